The van der Waals surface area contributed by atoms with E-state index in [0.717, 1.165) is 32.1 Å². The quantitative estimate of drug-likeness (QED) is 0.626. The first kappa shape index (κ1) is 9.77. The molecule has 2 fully saturated rings. The van der Waals surface area contributed by atoms with Gasteiger partial charge in [0, 0.05) is 12.6 Å². The Kier molecular flexibility index (Phi) is 2.63. The molecule has 0 aromatic carbocycles. The molecule has 14 heavy (non-hydrogen) atoms. The molecule has 0 unspecified atom stereocenters. The van der Waals surface area contributed by atoms with E-state index in [1.54, 1.807) is 0 Å². The topological polar surface area (TPSA) is 61.4 Å². The Balaban J connectivity index is 1.61. The fourth-order valence-electron chi connectivity index (χ4n) is 1.80. The molecule has 2 saturated carbocycles. The Bertz CT molecular complexity index is 222. The molecule has 0 atom stereocenters. The molecule has 2 amide bonds. The summed E-state index contributed by atoms with van der Waals surface area (Å²) in [5, 5.41) is 15.3. The minimum absolute atomic E-state index is 0.130. The smallest absolute Gasteiger partial charge is 0.315 e. The highest BCUT2D eigenvalue weighted by molar-refractivity contribution is 5.74. The lowest BCUT2D eigenvalue weighted by atomic mass is 9.80. The number of aliphatic hydroxyl groups is 1. The fraction of sp³-hybridized carbons (Fsp3) is 0.900. The Morgan fingerprint density at radius 3 is 2.50 bits per heavy atom. The summed E-state index contributed by atoms with van der Waals surface area (Å²) in [4.78, 5) is 11.3. The third-order valence-corrected chi connectivity index (χ3v) is 3.30. The molecular weight excluding hydrogens is 180 g/mol. The van der Waals surface area contributed by atoms with Gasteiger partial charge >= 0.3 is 6.03 Å². The second-order valence-corrected chi connectivity index (χ2v) is 4.53. The summed E-state index contributed by atoms with van der Waals surface area (Å²) >= 11 is 0. The van der Waals surface area contributed by atoms with Gasteiger partial charge in [0.2, 0.25) is 0 Å². The number of carbonyl (C=O) groups is 1. The molecule has 0 radical (unpaired) electrons. The van der Waals surface area contributed by atoms with E-state index in [2.05, 4.69) is 10.6 Å². The molecule has 80 valence electrons. The highest BCUT2D eigenvalue weighted by Gasteiger charge is 2.34. The van der Waals surface area contributed by atoms with Gasteiger partial charge in [0.1, 0.15) is 0 Å². The molecule has 2 aliphatic rings. The van der Waals surface area contributed by atoms with Gasteiger partial charge in [-0.05, 0) is 38.5 Å². The van der Waals surface area contributed by atoms with Gasteiger partial charge in [0.15, 0.2) is 0 Å². The molecule has 0 spiro atoms. The second kappa shape index (κ2) is 3.77. The standard InChI is InChI=1S/C10H18N2O2/c13-9(12-8-3-1-4-8)11-7-10(14)5-2-6-10/h8,14H,1-7H2,(H2,11,12,13). The van der Waals surface area contributed by atoms with Gasteiger partial charge in [-0.2, -0.15) is 0 Å². The third-order valence-electron chi connectivity index (χ3n) is 3.30. The Morgan fingerprint density at radius 2 is 2.07 bits per heavy atom. The van der Waals surface area contributed by atoms with Crippen LogP contribution in [0.4, 0.5) is 4.79 Å². The van der Waals surface area contributed by atoms with E-state index in [1.807, 2.05) is 0 Å². The first-order chi connectivity index (χ1) is 6.68. The number of amides is 2. The SMILES string of the molecule is O=C(NCC1(O)CCC1)NC1CCC1. The molecule has 2 rings (SSSR count). The lowest BCUT2D eigenvalue weighted by Gasteiger charge is -2.37. The lowest BCUT2D eigenvalue weighted by molar-refractivity contribution is -0.0291. The van der Waals surface area contributed by atoms with Crippen LogP contribution in [0.1, 0.15) is 38.5 Å². The molecule has 0 aromatic rings. The fourth-order valence-corrected chi connectivity index (χ4v) is 1.80. The normalized spacial score (nSPS) is 24.6. The molecule has 4 heteroatoms. The maximum absolute atomic E-state index is 11.3. The van der Waals surface area contributed by atoms with Crippen molar-refractivity contribution in [2.24, 2.45) is 0 Å². The summed E-state index contributed by atoms with van der Waals surface area (Å²) in [5.41, 5.74) is -0.614. The van der Waals surface area contributed by atoms with Crippen molar-refractivity contribution in [1.29, 1.82) is 0 Å². The van der Waals surface area contributed by atoms with Crippen LogP contribution in [0.15, 0.2) is 0 Å². The summed E-state index contributed by atoms with van der Waals surface area (Å²) < 4.78 is 0. The highest BCUT2D eigenvalue weighted by Crippen LogP contribution is 2.30. The van der Waals surface area contributed by atoms with Crippen LogP contribution in [0.3, 0.4) is 0 Å². The largest absolute Gasteiger partial charge is 0.388 e. The highest BCUT2D eigenvalue weighted by atomic mass is 16.3. The number of nitrogens with one attached hydrogen (secondary N) is 2. The molecular formula is C10H18N2O2. The monoisotopic (exact) mass is 198 g/mol. The molecule has 0 aliphatic heterocycles. The maximum atomic E-state index is 11.3. The minimum Gasteiger partial charge on any atom is -0.388 e. The molecule has 0 saturated heterocycles. The molecule has 4 nitrogen and oxygen atoms in total. The van der Waals surface area contributed by atoms with Crippen molar-refractivity contribution in [2.45, 2.75) is 50.2 Å². The Hall–Kier alpha value is -0.770. The third kappa shape index (κ3) is 2.18. The Labute approximate surface area is 84.1 Å². The number of hydrogen-bond acceptors (Lipinski definition) is 2. The van der Waals surface area contributed by atoms with E-state index in [0.29, 0.717) is 12.6 Å². The molecule has 0 bridgehead atoms. The van der Waals surface area contributed by atoms with Crippen molar-refractivity contribution in [1.82, 2.24) is 10.6 Å². The zero-order valence-corrected chi connectivity index (χ0v) is 8.38. The van der Waals surface area contributed by atoms with Gasteiger partial charge in [-0.15, -0.1) is 0 Å². The summed E-state index contributed by atoms with van der Waals surface area (Å²) in [7, 11) is 0. The van der Waals surface area contributed by atoms with Crippen LogP contribution in [-0.4, -0.2) is 29.3 Å². The van der Waals surface area contributed by atoms with Crippen LogP contribution in [0.2, 0.25) is 0 Å². The summed E-state index contributed by atoms with van der Waals surface area (Å²) in [6.45, 7) is 0.394. The van der Waals surface area contributed by atoms with E-state index in [9.17, 15) is 9.90 Å². The van der Waals surface area contributed by atoms with E-state index in [1.165, 1.54) is 6.42 Å². The van der Waals surface area contributed by atoms with E-state index in [-0.39, 0.29) is 6.03 Å². The van der Waals surface area contributed by atoms with Gasteiger partial charge < -0.3 is 15.7 Å². The van der Waals surface area contributed by atoms with E-state index < -0.39 is 5.60 Å². The zero-order valence-electron chi connectivity index (χ0n) is 8.38. The average Bonchev–Trinajstić information content (AvgIpc) is 2.05. The van der Waals surface area contributed by atoms with Gasteiger partial charge in [0.05, 0.1) is 5.60 Å². The molecule has 2 aliphatic carbocycles. The van der Waals surface area contributed by atoms with Crippen molar-refractivity contribution in [2.75, 3.05) is 6.54 Å². The van der Waals surface area contributed by atoms with Crippen LogP contribution >= 0.6 is 0 Å². The first-order valence-corrected chi connectivity index (χ1v) is 5.45. The predicted molar refractivity (Wildman–Crippen MR) is 53.0 cm³/mol. The summed E-state index contributed by atoms with van der Waals surface area (Å²) in [6, 6.07) is 0.237. The van der Waals surface area contributed by atoms with Crippen LogP contribution in [0, 0.1) is 0 Å². The summed E-state index contributed by atoms with van der Waals surface area (Å²) in [5.74, 6) is 0. The maximum Gasteiger partial charge on any atom is 0.315 e. The van der Waals surface area contributed by atoms with Crippen molar-refractivity contribution < 1.29 is 9.90 Å². The van der Waals surface area contributed by atoms with Crippen LogP contribution < -0.4 is 10.6 Å². The van der Waals surface area contributed by atoms with Crippen molar-refractivity contribution >= 4 is 6.03 Å². The predicted octanol–water partition coefficient (Wildman–Crippen LogP) is 0.753. The molecule has 3 N–H and O–H groups in total. The number of carbonyl (C=O) groups excluding carboxylic acids is 1. The second-order valence-electron chi connectivity index (χ2n) is 4.53. The van der Waals surface area contributed by atoms with Crippen molar-refractivity contribution in [3.05, 3.63) is 0 Å². The number of rotatable bonds is 3. The van der Waals surface area contributed by atoms with Crippen molar-refractivity contribution in [3.8, 4) is 0 Å². The van der Waals surface area contributed by atoms with E-state index >= 15 is 0 Å². The number of urea groups is 1. The molecule has 0 aromatic heterocycles. The average molecular weight is 198 g/mol. The zero-order chi connectivity index (χ0) is 10.0. The van der Waals surface area contributed by atoms with Crippen molar-refractivity contribution in [3.63, 3.8) is 0 Å². The van der Waals surface area contributed by atoms with Gasteiger partial charge in [-0.25, -0.2) is 4.79 Å². The van der Waals surface area contributed by atoms with Crippen LogP contribution in [0.25, 0.3) is 0 Å². The molecule has 0 heterocycles. The van der Waals surface area contributed by atoms with Gasteiger partial charge in [0.25, 0.3) is 0 Å². The number of hydrogen-bond donors (Lipinski definition) is 3. The minimum atomic E-state index is -0.614. The lowest BCUT2D eigenvalue weighted by Crippen LogP contribution is -2.52. The first-order valence-electron chi connectivity index (χ1n) is 5.45. The van der Waals surface area contributed by atoms with Gasteiger partial charge in [-0.1, -0.05) is 0 Å². The van der Waals surface area contributed by atoms with Crippen LogP contribution in [0.5, 0.6) is 0 Å². The van der Waals surface area contributed by atoms with Gasteiger partial charge in [-0.3, -0.25) is 0 Å². The Morgan fingerprint density at radius 1 is 1.36 bits per heavy atom. The summed E-state index contributed by atoms with van der Waals surface area (Å²) in [6.07, 6.45) is 6.11. The van der Waals surface area contributed by atoms with E-state index in [4.69, 9.17) is 0 Å². The van der Waals surface area contributed by atoms with Crippen LogP contribution in [-0.2, 0) is 0 Å².